The zero-order valence-corrected chi connectivity index (χ0v) is 17.9. The largest absolute Gasteiger partial charge is 0.292 e. The van der Waals surface area contributed by atoms with Crippen LogP contribution in [0.5, 0.6) is 0 Å². The number of benzene rings is 4. The Balaban J connectivity index is 1.69. The molecule has 7 rings (SSSR count). The number of para-hydroxylation sites is 2. The molecule has 3 aromatic heterocycles. The molecule has 32 heavy (non-hydrogen) atoms. The maximum Gasteiger partial charge on any atom is 0.159 e. The quantitative estimate of drug-likeness (QED) is 0.284. The van der Waals surface area contributed by atoms with Gasteiger partial charge in [0, 0.05) is 26.4 Å². The topological polar surface area (TPSA) is 30.7 Å². The van der Waals surface area contributed by atoms with Crippen LogP contribution in [0, 0.1) is 0 Å². The van der Waals surface area contributed by atoms with E-state index in [2.05, 4.69) is 107 Å². The molecule has 150 valence electrons. The van der Waals surface area contributed by atoms with E-state index in [1.807, 2.05) is 0 Å². The van der Waals surface area contributed by atoms with Crippen molar-refractivity contribution in [3.8, 4) is 16.9 Å². The van der Waals surface area contributed by atoms with Crippen molar-refractivity contribution in [3.05, 3.63) is 103 Å². The monoisotopic (exact) mass is 427 g/mol. The van der Waals surface area contributed by atoms with Gasteiger partial charge in [-0.2, -0.15) is 0 Å². The van der Waals surface area contributed by atoms with Gasteiger partial charge in [-0.15, -0.1) is 11.3 Å². The van der Waals surface area contributed by atoms with Gasteiger partial charge in [0.05, 0.1) is 21.3 Å². The van der Waals surface area contributed by atoms with E-state index in [1.165, 1.54) is 37.5 Å². The lowest BCUT2D eigenvalue weighted by molar-refractivity contribution is 1.08. The lowest BCUT2D eigenvalue weighted by atomic mass is 10.0. The fourth-order valence-electron chi connectivity index (χ4n) is 4.76. The lowest BCUT2D eigenvalue weighted by Gasteiger charge is -2.11. The SMILES string of the molecule is c1ccc(-c2cccc3c4ccccc4n(-c4ncnc5c4sc4ccccc45)c23)cc1. The molecule has 0 saturated heterocycles. The Morgan fingerprint density at radius 2 is 1.38 bits per heavy atom. The van der Waals surface area contributed by atoms with Gasteiger partial charge in [0.1, 0.15) is 6.33 Å². The molecule has 0 saturated carbocycles. The van der Waals surface area contributed by atoms with E-state index < -0.39 is 0 Å². The van der Waals surface area contributed by atoms with Gasteiger partial charge in [-0.1, -0.05) is 84.9 Å². The Kier molecular flexibility index (Phi) is 3.72. The molecular weight excluding hydrogens is 410 g/mol. The van der Waals surface area contributed by atoms with Crippen LogP contribution in [0.1, 0.15) is 0 Å². The molecular formula is C28H17N3S. The van der Waals surface area contributed by atoms with Crippen LogP contribution in [-0.4, -0.2) is 14.5 Å². The molecule has 0 spiro atoms. The van der Waals surface area contributed by atoms with Crippen LogP contribution in [0.4, 0.5) is 0 Å². The van der Waals surface area contributed by atoms with Gasteiger partial charge in [-0.3, -0.25) is 4.57 Å². The average molecular weight is 428 g/mol. The third-order valence-corrected chi connectivity index (χ3v) is 7.29. The highest BCUT2D eigenvalue weighted by Crippen LogP contribution is 2.41. The Morgan fingerprint density at radius 1 is 0.625 bits per heavy atom. The van der Waals surface area contributed by atoms with Crippen LogP contribution in [-0.2, 0) is 0 Å². The number of fused-ring (bicyclic) bond motifs is 6. The molecule has 0 aliphatic rings. The number of aromatic nitrogens is 3. The van der Waals surface area contributed by atoms with Crippen LogP contribution >= 0.6 is 11.3 Å². The summed E-state index contributed by atoms with van der Waals surface area (Å²) in [4.78, 5) is 9.51. The van der Waals surface area contributed by atoms with Crippen LogP contribution in [0.3, 0.4) is 0 Å². The summed E-state index contributed by atoms with van der Waals surface area (Å²) in [5.41, 5.74) is 5.75. The van der Waals surface area contributed by atoms with Crippen molar-refractivity contribution in [1.82, 2.24) is 14.5 Å². The minimum Gasteiger partial charge on any atom is -0.292 e. The molecule has 0 amide bonds. The molecule has 0 atom stereocenters. The molecule has 0 N–H and O–H groups in total. The first kappa shape index (κ1) is 17.6. The second-order valence-corrected chi connectivity index (χ2v) is 8.95. The first-order valence-corrected chi connectivity index (χ1v) is 11.4. The van der Waals surface area contributed by atoms with E-state index in [-0.39, 0.29) is 0 Å². The summed E-state index contributed by atoms with van der Waals surface area (Å²) < 4.78 is 4.67. The van der Waals surface area contributed by atoms with Crippen molar-refractivity contribution in [2.45, 2.75) is 0 Å². The number of hydrogen-bond donors (Lipinski definition) is 0. The minimum atomic E-state index is 0.936. The molecule has 0 aliphatic carbocycles. The van der Waals surface area contributed by atoms with E-state index >= 15 is 0 Å². The van der Waals surface area contributed by atoms with Gasteiger partial charge in [-0.25, -0.2) is 9.97 Å². The summed E-state index contributed by atoms with van der Waals surface area (Å²) in [5.74, 6) is 0.936. The number of thiophene rings is 1. The third-order valence-electron chi connectivity index (χ3n) is 6.13. The highest BCUT2D eigenvalue weighted by atomic mass is 32.1. The standard InChI is InChI=1S/C28H17N3S/c1-2-9-18(10-3-1)19-13-8-14-21-20-11-4-6-15-23(20)31(26(19)21)28-27-25(29-17-30-28)22-12-5-7-16-24(22)32-27/h1-17H. The zero-order valence-electron chi connectivity index (χ0n) is 17.1. The predicted octanol–water partition coefficient (Wildman–Crippen LogP) is 7.61. The minimum absolute atomic E-state index is 0.936. The van der Waals surface area contributed by atoms with E-state index in [0.717, 1.165) is 21.6 Å². The maximum atomic E-state index is 4.84. The number of nitrogens with zero attached hydrogens (tertiary/aromatic N) is 3. The fraction of sp³-hybridized carbons (Fsp3) is 0. The molecule has 0 aliphatic heterocycles. The molecule has 0 radical (unpaired) electrons. The third kappa shape index (κ3) is 2.41. The second kappa shape index (κ2) is 6.74. The van der Waals surface area contributed by atoms with Gasteiger partial charge in [0.15, 0.2) is 5.82 Å². The van der Waals surface area contributed by atoms with Crippen molar-refractivity contribution >= 4 is 53.4 Å². The predicted molar refractivity (Wildman–Crippen MR) is 135 cm³/mol. The van der Waals surface area contributed by atoms with Crippen molar-refractivity contribution in [3.63, 3.8) is 0 Å². The highest BCUT2D eigenvalue weighted by Gasteiger charge is 2.20. The van der Waals surface area contributed by atoms with Crippen molar-refractivity contribution in [2.24, 2.45) is 0 Å². The highest BCUT2D eigenvalue weighted by molar-refractivity contribution is 7.26. The Labute approximate surface area is 188 Å². The Bertz CT molecular complexity index is 1780. The summed E-state index contributed by atoms with van der Waals surface area (Å²) in [6.07, 6.45) is 1.70. The summed E-state index contributed by atoms with van der Waals surface area (Å²) in [6.45, 7) is 0. The average Bonchev–Trinajstić information content (AvgIpc) is 3.41. The summed E-state index contributed by atoms with van der Waals surface area (Å²) in [6, 6.07) is 34.2. The van der Waals surface area contributed by atoms with E-state index in [1.54, 1.807) is 17.7 Å². The van der Waals surface area contributed by atoms with E-state index in [9.17, 15) is 0 Å². The lowest BCUT2D eigenvalue weighted by Crippen LogP contribution is -1.99. The molecule has 3 nitrogen and oxygen atoms in total. The molecule has 4 aromatic carbocycles. The van der Waals surface area contributed by atoms with Gasteiger partial charge in [0.2, 0.25) is 0 Å². The van der Waals surface area contributed by atoms with Gasteiger partial charge in [0.25, 0.3) is 0 Å². The Morgan fingerprint density at radius 3 is 2.28 bits per heavy atom. The Hall–Kier alpha value is -4.02. The van der Waals surface area contributed by atoms with Crippen LogP contribution in [0.25, 0.3) is 59.1 Å². The van der Waals surface area contributed by atoms with Crippen LogP contribution in [0.15, 0.2) is 103 Å². The molecule has 0 unspecified atom stereocenters. The number of hydrogen-bond acceptors (Lipinski definition) is 3. The van der Waals surface area contributed by atoms with Crippen molar-refractivity contribution in [2.75, 3.05) is 0 Å². The normalized spacial score (nSPS) is 11.8. The second-order valence-electron chi connectivity index (χ2n) is 7.89. The smallest absolute Gasteiger partial charge is 0.159 e. The summed E-state index contributed by atoms with van der Waals surface area (Å²) in [5, 5.41) is 3.64. The number of rotatable bonds is 2. The van der Waals surface area contributed by atoms with Crippen LogP contribution < -0.4 is 0 Å². The maximum absolute atomic E-state index is 4.84. The first-order chi connectivity index (χ1) is 15.9. The van der Waals surface area contributed by atoms with Crippen molar-refractivity contribution in [1.29, 1.82) is 0 Å². The van der Waals surface area contributed by atoms with E-state index in [0.29, 0.717) is 0 Å². The van der Waals surface area contributed by atoms with Crippen LogP contribution in [0.2, 0.25) is 0 Å². The molecule has 0 fully saturated rings. The van der Waals surface area contributed by atoms with Crippen molar-refractivity contribution < 1.29 is 0 Å². The first-order valence-electron chi connectivity index (χ1n) is 10.6. The fourth-order valence-corrected chi connectivity index (χ4v) is 5.90. The summed E-state index contributed by atoms with van der Waals surface area (Å²) in [7, 11) is 0. The van der Waals surface area contributed by atoms with Gasteiger partial charge >= 0.3 is 0 Å². The molecule has 4 heteroatoms. The zero-order chi connectivity index (χ0) is 21.1. The molecule has 3 heterocycles. The van der Waals surface area contributed by atoms with E-state index in [4.69, 9.17) is 4.98 Å². The van der Waals surface area contributed by atoms with Gasteiger partial charge in [-0.05, 0) is 17.7 Å². The molecule has 7 aromatic rings. The molecule has 0 bridgehead atoms. The van der Waals surface area contributed by atoms with Gasteiger partial charge < -0.3 is 0 Å². The summed E-state index contributed by atoms with van der Waals surface area (Å²) >= 11 is 1.76.